The van der Waals surface area contributed by atoms with Crippen LogP contribution < -0.4 is 4.74 Å². The molecule has 94 valence electrons. The molecule has 2 N–H and O–H groups in total. The number of rotatable bonds is 5. The molecule has 0 aliphatic carbocycles. The quantitative estimate of drug-likeness (QED) is 0.878. The van der Waals surface area contributed by atoms with E-state index < -0.39 is 17.5 Å². The van der Waals surface area contributed by atoms with Gasteiger partial charge in [-0.1, -0.05) is 15.9 Å². The smallest absolute Gasteiger partial charge is 0.303 e. The first-order valence-electron chi connectivity index (χ1n) is 4.93. The van der Waals surface area contributed by atoms with Gasteiger partial charge in [0.05, 0.1) is 7.11 Å². The topological polar surface area (TPSA) is 66.8 Å². The predicted molar refractivity (Wildman–Crippen MR) is 62.9 cm³/mol. The minimum absolute atomic E-state index is 0.0383. The molecule has 0 amide bonds. The standard InChI is InChI=1S/C11H12BrFO4/c1-17-8-5-7(12)6(10(13)11(8)16)3-2-4-9(14)15/h5,16H,2-4H2,1H3,(H,14,15). The van der Waals surface area contributed by atoms with E-state index in [9.17, 15) is 14.3 Å². The van der Waals surface area contributed by atoms with Crippen molar-refractivity contribution in [3.05, 3.63) is 21.9 Å². The van der Waals surface area contributed by atoms with Crippen molar-refractivity contribution in [2.75, 3.05) is 7.11 Å². The van der Waals surface area contributed by atoms with Crippen molar-refractivity contribution in [3.8, 4) is 11.5 Å². The number of halogens is 2. The van der Waals surface area contributed by atoms with Gasteiger partial charge < -0.3 is 14.9 Å². The number of benzene rings is 1. The van der Waals surface area contributed by atoms with Crippen LogP contribution in [0.2, 0.25) is 0 Å². The van der Waals surface area contributed by atoms with Gasteiger partial charge in [0.2, 0.25) is 0 Å². The molecule has 0 heterocycles. The van der Waals surface area contributed by atoms with Gasteiger partial charge >= 0.3 is 5.97 Å². The molecule has 0 aliphatic rings. The Labute approximate surface area is 106 Å². The molecular formula is C11H12BrFO4. The highest BCUT2D eigenvalue weighted by Crippen LogP contribution is 2.36. The fraction of sp³-hybridized carbons (Fsp3) is 0.364. The summed E-state index contributed by atoms with van der Waals surface area (Å²) in [5.41, 5.74) is 0.254. The van der Waals surface area contributed by atoms with Crippen LogP contribution in [0.15, 0.2) is 10.5 Å². The summed E-state index contributed by atoms with van der Waals surface area (Å²) in [5.74, 6) is -2.22. The van der Waals surface area contributed by atoms with E-state index in [1.165, 1.54) is 13.2 Å². The van der Waals surface area contributed by atoms with E-state index in [4.69, 9.17) is 9.84 Å². The Morgan fingerprint density at radius 2 is 2.24 bits per heavy atom. The van der Waals surface area contributed by atoms with E-state index in [1.54, 1.807) is 0 Å². The molecule has 17 heavy (non-hydrogen) atoms. The van der Waals surface area contributed by atoms with Crippen LogP contribution in [0.5, 0.6) is 11.5 Å². The fourth-order valence-corrected chi connectivity index (χ4v) is 2.01. The number of aromatic hydroxyl groups is 1. The van der Waals surface area contributed by atoms with E-state index in [-0.39, 0.29) is 24.2 Å². The van der Waals surface area contributed by atoms with Crippen molar-refractivity contribution in [3.63, 3.8) is 0 Å². The van der Waals surface area contributed by atoms with Gasteiger partial charge in [-0.25, -0.2) is 4.39 Å². The maximum absolute atomic E-state index is 13.7. The third-order valence-corrected chi connectivity index (χ3v) is 3.00. The lowest BCUT2D eigenvalue weighted by Crippen LogP contribution is -1.99. The molecule has 0 saturated heterocycles. The van der Waals surface area contributed by atoms with Crippen LogP contribution in [-0.4, -0.2) is 23.3 Å². The van der Waals surface area contributed by atoms with E-state index in [0.29, 0.717) is 10.9 Å². The van der Waals surface area contributed by atoms with Crippen LogP contribution >= 0.6 is 15.9 Å². The zero-order valence-electron chi connectivity index (χ0n) is 9.17. The Kier molecular flexibility index (Phi) is 4.74. The lowest BCUT2D eigenvalue weighted by molar-refractivity contribution is -0.137. The minimum atomic E-state index is -0.931. The molecule has 0 atom stereocenters. The maximum atomic E-state index is 13.7. The van der Waals surface area contributed by atoms with Crippen LogP contribution in [0.3, 0.4) is 0 Å². The second-order valence-corrected chi connectivity index (χ2v) is 4.30. The highest BCUT2D eigenvalue weighted by atomic mass is 79.9. The highest BCUT2D eigenvalue weighted by molar-refractivity contribution is 9.10. The third kappa shape index (κ3) is 3.33. The van der Waals surface area contributed by atoms with Crippen molar-refractivity contribution in [2.45, 2.75) is 19.3 Å². The number of ether oxygens (including phenoxy) is 1. The minimum Gasteiger partial charge on any atom is -0.502 e. The largest absolute Gasteiger partial charge is 0.502 e. The molecule has 1 aromatic carbocycles. The normalized spacial score (nSPS) is 10.3. The number of methoxy groups -OCH3 is 1. The molecule has 4 nitrogen and oxygen atoms in total. The summed E-state index contributed by atoms with van der Waals surface area (Å²) in [6.07, 6.45) is 0.492. The summed E-state index contributed by atoms with van der Waals surface area (Å²) in [7, 11) is 1.32. The van der Waals surface area contributed by atoms with Gasteiger partial charge in [-0.2, -0.15) is 0 Å². The zero-order chi connectivity index (χ0) is 13.0. The second kappa shape index (κ2) is 5.86. The Hall–Kier alpha value is -1.30. The lowest BCUT2D eigenvalue weighted by atomic mass is 10.1. The Bertz CT molecular complexity index is 434. The van der Waals surface area contributed by atoms with E-state index in [1.807, 2.05) is 0 Å². The van der Waals surface area contributed by atoms with Crippen molar-refractivity contribution in [1.82, 2.24) is 0 Å². The summed E-state index contributed by atoms with van der Waals surface area (Å²) in [5, 5.41) is 18.0. The number of aliphatic carboxylic acids is 1. The van der Waals surface area contributed by atoms with Gasteiger partial charge in [-0.15, -0.1) is 0 Å². The molecule has 0 saturated carbocycles. The van der Waals surface area contributed by atoms with Gasteiger partial charge in [-0.05, 0) is 18.9 Å². The molecule has 0 radical (unpaired) electrons. The summed E-state index contributed by atoms with van der Waals surface area (Å²) in [6, 6.07) is 1.45. The van der Waals surface area contributed by atoms with E-state index in [0.717, 1.165) is 0 Å². The van der Waals surface area contributed by atoms with Gasteiger partial charge in [0.15, 0.2) is 17.3 Å². The Morgan fingerprint density at radius 3 is 2.76 bits per heavy atom. The number of phenols is 1. The number of phenolic OH excluding ortho intramolecular Hbond substituents is 1. The monoisotopic (exact) mass is 306 g/mol. The highest BCUT2D eigenvalue weighted by Gasteiger charge is 2.17. The molecule has 0 bridgehead atoms. The van der Waals surface area contributed by atoms with Crippen LogP contribution in [0.1, 0.15) is 18.4 Å². The van der Waals surface area contributed by atoms with Gasteiger partial charge in [-0.3, -0.25) is 4.79 Å². The summed E-state index contributed by atoms with van der Waals surface area (Å²) in [6.45, 7) is 0. The summed E-state index contributed by atoms with van der Waals surface area (Å²) >= 11 is 3.16. The molecule has 1 aromatic rings. The molecule has 0 spiro atoms. The van der Waals surface area contributed by atoms with Gasteiger partial charge in [0.25, 0.3) is 0 Å². The molecular weight excluding hydrogens is 295 g/mol. The second-order valence-electron chi connectivity index (χ2n) is 3.45. The molecule has 0 fully saturated rings. The van der Waals surface area contributed by atoms with Crippen LogP contribution in [0.25, 0.3) is 0 Å². The number of hydrogen-bond acceptors (Lipinski definition) is 3. The number of carbonyl (C=O) groups is 1. The number of carboxylic acids is 1. The van der Waals surface area contributed by atoms with Crippen molar-refractivity contribution in [1.29, 1.82) is 0 Å². The average molecular weight is 307 g/mol. The van der Waals surface area contributed by atoms with Crippen molar-refractivity contribution in [2.24, 2.45) is 0 Å². The first-order chi connectivity index (χ1) is 7.97. The lowest BCUT2D eigenvalue weighted by Gasteiger charge is -2.10. The van der Waals surface area contributed by atoms with Crippen molar-refractivity contribution < 1.29 is 24.1 Å². The van der Waals surface area contributed by atoms with Crippen LogP contribution in [0.4, 0.5) is 4.39 Å². The van der Waals surface area contributed by atoms with Crippen molar-refractivity contribution >= 4 is 21.9 Å². The van der Waals surface area contributed by atoms with Crippen LogP contribution in [-0.2, 0) is 11.2 Å². The molecule has 0 aromatic heterocycles. The zero-order valence-corrected chi connectivity index (χ0v) is 10.8. The summed E-state index contributed by atoms with van der Waals surface area (Å²) < 4.78 is 19.0. The average Bonchev–Trinajstić information content (AvgIpc) is 2.27. The SMILES string of the molecule is COc1cc(Br)c(CCCC(=O)O)c(F)c1O. The molecule has 1 rings (SSSR count). The predicted octanol–water partition coefficient (Wildman–Crippen LogP) is 2.71. The fourth-order valence-electron chi connectivity index (χ4n) is 1.43. The summed E-state index contributed by atoms with van der Waals surface area (Å²) in [4.78, 5) is 10.4. The Morgan fingerprint density at radius 1 is 1.59 bits per heavy atom. The molecule has 0 aliphatic heterocycles. The first kappa shape index (κ1) is 13.8. The van der Waals surface area contributed by atoms with E-state index in [2.05, 4.69) is 15.9 Å². The molecule has 0 unspecified atom stereocenters. The Balaban J connectivity index is 2.92. The van der Waals surface area contributed by atoms with Gasteiger partial charge in [0.1, 0.15) is 0 Å². The number of hydrogen-bond donors (Lipinski definition) is 2. The molecule has 6 heteroatoms. The first-order valence-corrected chi connectivity index (χ1v) is 5.72. The number of carboxylic acid groups (broad SMARTS) is 1. The van der Waals surface area contributed by atoms with Crippen LogP contribution in [0, 0.1) is 5.82 Å². The van der Waals surface area contributed by atoms with E-state index >= 15 is 0 Å². The third-order valence-electron chi connectivity index (χ3n) is 2.29. The van der Waals surface area contributed by atoms with Gasteiger partial charge in [0, 0.05) is 16.5 Å². The maximum Gasteiger partial charge on any atom is 0.303 e.